The lowest BCUT2D eigenvalue weighted by molar-refractivity contribution is 0.949. The van der Waals surface area contributed by atoms with Crippen LogP contribution < -0.4 is 4.90 Å². The monoisotopic (exact) mass is 237 g/mol. The number of nitriles is 1. The Morgan fingerprint density at radius 3 is 2.78 bits per heavy atom. The third-order valence-electron chi connectivity index (χ3n) is 3.46. The molecule has 3 nitrogen and oxygen atoms in total. The molecule has 18 heavy (non-hydrogen) atoms. The van der Waals surface area contributed by atoms with E-state index in [0.717, 1.165) is 29.7 Å². The predicted octanol–water partition coefficient (Wildman–Crippen LogP) is 2.90. The maximum absolute atomic E-state index is 8.68. The van der Waals surface area contributed by atoms with Gasteiger partial charge >= 0.3 is 0 Å². The quantitative estimate of drug-likeness (QED) is 0.806. The van der Waals surface area contributed by atoms with Crippen molar-refractivity contribution >= 4 is 16.6 Å². The van der Waals surface area contributed by atoms with Crippen molar-refractivity contribution in [1.29, 1.82) is 5.26 Å². The molecule has 0 saturated carbocycles. The first-order valence-electron chi connectivity index (χ1n) is 6.38. The lowest BCUT2D eigenvalue weighted by atomic mass is 10.1. The van der Waals surface area contributed by atoms with Crippen molar-refractivity contribution in [2.75, 3.05) is 18.0 Å². The molecule has 0 unspecified atom stereocenters. The number of hydrogen-bond donors (Lipinski definition) is 0. The molecule has 2 heterocycles. The molecule has 0 atom stereocenters. The van der Waals surface area contributed by atoms with Crippen molar-refractivity contribution in [3.05, 3.63) is 36.0 Å². The first-order chi connectivity index (χ1) is 8.86. The molecule has 90 valence electrons. The third-order valence-corrected chi connectivity index (χ3v) is 3.46. The second-order valence-electron chi connectivity index (χ2n) is 4.71. The van der Waals surface area contributed by atoms with Crippen LogP contribution in [0, 0.1) is 11.3 Å². The summed E-state index contributed by atoms with van der Waals surface area (Å²) < 4.78 is 0. The van der Waals surface area contributed by atoms with E-state index in [-0.39, 0.29) is 0 Å². The normalized spacial score (nSPS) is 14.9. The summed E-state index contributed by atoms with van der Waals surface area (Å²) in [5.41, 5.74) is 3.11. The minimum absolute atomic E-state index is 0.379. The molecule has 2 aromatic rings. The van der Waals surface area contributed by atoms with Crippen molar-refractivity contribution in [3.8, 4) is 6.07 Å². The third kappa shape index (κ3) is 2.02. The summed E-state index contributed by atoms with van der Waals surface area (Å²) in [7, 11) is 0. The number of nitrogens with zero attached hydrogens (tertiary/aromatic N) is 3. The van der Waals surface area contributed by atoms with Gasteiger partial charge in [0.25, 0.3) is 0 Å². The van der Waals surface area contributed by atoms with Gasteiger partial charge in [-0.3, -0.25) is 4.98 Å². The summed E-state index contributed by atoms with van der Waals surface area (Å²) in [6.45, 7) is 2.32. The molecule has 1 aromatic carbocycles. The first kappa shape index (κ1) is 11.0. The fourth-order valence-electron chi connectivity index (χ4n) is 2.51. The van der Waals surface area contributed by atoms with Crippen molar-refractivity contribution in [2.24, 2.45) is 0 Å². The zero-order valence-corrected chi connectivity index (χ0v) is 10.3. The minimum atomic E-state index is 0.379. The molecule has 1 aromatic heterocycles. The van der Waals surface area contributed by atoms with Crippen LogP contribution in [0.15, 0.2) is 30.3 Å². The topological polar surface area (TPSA) is 39.9 Å². The summed E-state index contributed by atoms with van der Waals surface area (Å²) in [5.74, 6) is 0. The number of hydrogen-bond acceptors (Lipinski definition) is 3. The van der Waals surface area contributed by atoms with Gasteiger partial charge < -0.3 is 4.90 Å². The summed E-state index contributed by atoms with van der Waals surface area (Å²) in [6, 6.07) is 12.5. The van der Waals surface area contributed by atoms with Crippen LogP contribution in [-0.2, 0) is 6.42 Å². The summed E-state index contributed by atoms with van der Waals surface area (Å²) in [5, 5.41) is 9.84. The van der Waals surface area contributed by atoms with Crippen molar-refractivity contribution in [3.63, 3.8) is 0 Å². The van der Waals surface area contributed by atoms with Crippen LogP contribution in [0.3, 0.4) is 0 Å². The summed E-state index contributed by atoms with van der Waals surface area (Å²) >= 11 is 0. The molecule has 0 spiro atoms. The maximum Gasteiger partial charge on any atom is 0.0774 e. The number of benzene rings is 1. The Kier molecular flexibility index (Phi) is 2.85. The molecule has 1 fully saturated rings. The van der Waals surface area contributed by atoms with E-state index in [1.54, 1.807) is 0 Å². The Labute approximate surface area is 107 Å². The Morgan fingerprint density at radius 1 is 1.17 bits per heavy atom. The number of pyridine rings is 1. The molecule has 0 aliphatic carbocycles. The van der Waals surface area contributed by atoms with Gasteiger partial charge in [0.2, 0.25) is 0 Å². The Bertz CT molecular complexity index is 607. The van der Waals surface area contributed by atoms with Crippen LogP contribution in [0.25, 0.3) is 10.9 Å². The van der Waals surface area contributed by atoms with E-state index >= 15 is 0 Å². The molecule has 3 rings (SSSR count). The fourth-order valence-corrected chi connectivity index (χ4v) is 2.51. The lowest BCUT2D eigenvalue weighted by Gasteiger charge is -2.17. The van der Waals surface area contributed by atoms with Gasteiger partial charge in [-0.2, -0.15) is 5.26 Å². The lowest BCUT2D eigenvalue weighted by Crippen LogP contribution is -2.17. The average molecular weight is 237 g/mol. The molecule has 1 aliphatic heterocycles. The number of fused-ring (bicyclic) bond motifs is 1. The molecule has 0 radical (unpaired) electrons. The van der Waals surface area contributed by atoms with Gasteiger partial charge in [-0.15, -0.1) is 0 Å². The van der Waals surface area contributed by atoms with E-state index in [2.05, 4.69) is 40.2 Å². The molecular formula is C15H15N3. The van der Waals surface area contributed by atoms with Gasteiger partial charge in [-0.25, -0.2) is 0 Å². The van der Waals surface area contributed by atoms with Crippen LogP contribution >= 0.6 is 0 Å². The zero-order chi connectivity index (χ0) is 12.4. The number of rotatable bonds is 2. The van der Waals surface area contributed by atoms with Gasteiger partial charge in [0.05, 0.1) is 23.7 Å². The predicted molar refractivity (Wildman–Crippen MR) is 72.5 cm³/mol. The largest absolute Gasteiger partial charge is 0.372 e. The fraction of sp³-hybridized carbons (Fsp3) is 0.333. The second kappa shape index (κ2) is 4.66. The molecule has 0 N–H and O–H groups in total. The van der Waals surface area contributed by atoms with Gasteiger partial charge in [0, 0.05) is 24.2 Å². The van der Waals surface area contributed by atoms with Crippen LogP contribution in [-0.4, -0.2) is 18.1 Å². The van der Waals surface area contributed by atoms with Gasteiger partial charge in [0.15, 0.2) is 0 Å². The number of aromatic nitrogens is 1. The Balaban J connectivity index is 1.97. The van der Waals surface area contributed by atoms with E-state index in [1.807, 2.05) is 6.07 Å². The summed E-state index contributed by atoms with van der Waals surface area (Å²) in [4.78, 5) is 6.91. The van der Waals surface area contributed by atoms with E-state index < -0.39 is 0 Å². The highest BCUT2D eigenvalue weighted by Crippen LogP contribution is 2.24. The molecule has 1 saturated heterocycles. The van der Waals surface area contributed by atoms with Crippen LogP contribution in [0.5, 0.6) is 0 Å². The van der Waals surface area contributed by atoms with Crippen LogP contribution in [0.4, 0.5) is 5.69 Å². The van der Waals surface area contributed by atoms with Crippen molar-refractivity contribution in [2.45, 2.75) is 19.3 Å². The van der Waals surface area contributed by atoms with Crippen LogP contribution in [0.2, 0.25) is 0 Å². The van der Waals surface area contributed by atoms with E-state index in [4.69, 9.17) is 5.26 Å². The molecule has 3 heteroatoms. The van der Waals surface area contributed by atoms with E-state index in [0.29, 0.717) is 6.42 Å². The van der Waals surface area contributed by atoms with Gasteiger partial charge in [0.1, 0.15) is 0 Å². The highest BCUT2D eigenvalue weighted by molar-refractivity contribution is 5.82. The zero-order valence-electron chi connectivity index (χ0n) is 10.3. The molecule has 0 amide bonds. The summed E-state index contributed by atoms with van der Waals surface area (Å²) in [6.07, 6.45) is 2.96. The van der Waals surface area contributed by atoms with Gasteiger partial charge in [-0.05, 0) is 37.1 Å². The SMILES string of the molecule is N#CCc1ccc2cc(N3CCCC3)ccc2n1. The molecular weight excluding hydrogens is 222 g/mol. The van der Waals surface area contributed by atoms with Gasteiger partial charge in [-0.1, -0.05) is 6.07 Å². The second-order valence-corrected chi connectivity index (χ2v) is 4.71. The minimum Gasteiger partial charge on any atom is -0.372 e. The van der Waals surface area contributed by atoms with Crippen LogP contribution in [0.1, 0.15) is 18.5 Å². The number of anilines is 1. The van der Waals surface area contributed by atoms with Crippen molar-refractivity contribution in [1.82, 2.24) is 4.98 Å². The highest BCUT2D eigenvalue weighted by Gasteiger charge is 2.12. The highest BCUT2D eigenvalue weighted by atomic mass is 15.1. The molecule has 0 bridgehead atoms. The molecule has 1 aliphatic rings. The van der Waals surface area contributed by atoms with Crippen molar-refractivity contribution < 1.29 is 0 Å². The smallest absolute Gasteiger partial charge is 0.0774 e. The van der Waals surface area contributed by atoms with E-state index in [1.165, 1.54) is 18.5 Å². The Morgan fingerprint density at radius 2 is 2.00 bits per heavy atom. The Hall–Kier alpha value is -2.08. The van der Waals surface area contributed by atoms with E-state index in [9.17, 15) is 0 Å². The standard InChI is InChI=1S/C15H15N3/c16-8-7-13-4-3-12-11-14(5-6-15(12)17-13)18-9-1-2-10-18/h3-6,11H,1-2,7,9-10H2. The first-order valence-corrected chi connectivity index (χ1v) is 6.38. The maximum atomic E-state index is 8.68. The average Bonchev–Trinajstić information content (AvgIpc) is 2.92.